The Kier molecular flexibility index (Phi) is 8.27. The molecule has 0 aromatic heterocycles. The summed E-state index contributed by atoms with van der Waals surface area (Å²) in [7, 11) is 0. The number of hydrogen-bond donors (Lipinski definition) is 1. The van der Waals surface area contributed by atoms with Gasteiger partial charge in [-0.25, -0.2) is 0 Å². The molecular formula is C2H7Cl2N. The van der Waals surface area contributed by atoms with Gasteiger partial charge in [-0.15, -0.1) is 24.8 Å². The van der Waals surface area contributed by atoms with Crippen LogP contribution in [0.1, 0.15) is 0 Å². The Morgan fingerprint density at radius 2 is 1.20 bits per heavy atom. The molecule has 34 valence electrons. The summed E-state index contributed by atoms with van der Waals surface area (Å²) in [4.78, 5) is 0. The summed E-state index contributed by atoms with van der Waals surface area (Å²) in [6.07, 6.45) is 0. The van der Waals surface area contributed by atoms with Crippen LogP contribution in [0.15, 0.2) is 0 Å². The molecule has 5 heavy (non-hydrogen) atoms. The molecule has 1 fully saturated rings. The van der Waals surface area contributed by atoms with E-state index >= 15 is 0 Å². The third-order valence-electron chi connectivity index (χ3n) is 0.250. The Balaban J connectivity index is 0. The highest BCUT2D eigenvalue weighted by molar-refractivity contribution is 5.85. The van der Waals surface area contributed by atoms with Crippen LogP contribution < -0.4 is 5.32 Å². The molecule has 0 aliphatic carbocycles. The van der Waals surface area contributed by atoms with E-state index in [2.05, 4.69) is 5.32 Å². The smallest absolute Gasteiger partial charge is 0.00772 e. The van der Waals surface area contributed by atoms with Gasteiger partial charge in [-0.2, -0.15) is 0 Å². The first kappa shape index (κ1) is 9.11. The summed E-state index contributed by atoms with van der Waals surface area (Å²) in [5.74, 6) is 0. The molecule has 0 atom stereocenters. The zero-order chi connectivity index (χ0) is 2.12. The first-order chi connectivity index (χ1) is 1.50. The first-order valence-electron chi connectivity index (χ1n) is 1.21. The van der Waals surface area contributed by atoms with Crippen LogP contribution in [0.3, 0.4) is 0 Å². The Morgan fingerprint density at radius 1 is 1.00 bits per heavy atom. The molecule has 0 aromatic rings. The molecule has 1 heterocycles. The van der Waals surface area contributed by atoms with Crippen molar-refractivity contribution in [2.24, 2.45) is 0 Å². The van der Waals surface area contributed by atoms with E-state index in [9.17, 15) is 0 Å². The maximum absolute atomic E-state index is 3.00. The van der Waals surface area contributed by atoms with Crippen molar-refractivity contribution in [3.63, 3.8) is 0 Å². The summed E-state index contributed by atoms with van der Waals surface area (Å²) in [6, 6.07) is 0. The average Bonchev–Trinajstić information content (AvgIpc) is 1.46. The molecule has 1 aliphatic rings. The Labute approximate surface area is 44.0 Å². The lowest BCUT2D eigenvalue weighted by atomic mass is 11.0. The van der Waals surface area contributed by atoms with Crippen LogP contribution in [0.5, 0.6) is 0 Å². The monoisotopic (exact) mass is 115 g/mol. The highest BCUT2D eigenvalue weighted by Crippen LogP contribution is 1.65. The summed E-state index contributed by atoms with van der Waals surface area (Å²) in [5, 5.41) is 3.00. The maximum Gasteiger partial charge on any atom is 0.00772 e. The van der Waals surface area contributed by atoms with Crippen LogP contribution >= 0.6 is 24.8 Å². The molecule has 0 radical (unpaired) electrons. The first-order valence-corrected chi connectivity index (χ1v) is 1.21. The molecule has 1 rings (SSSR count). The molecule has 0 spiro atoms. The minimum absolute atomic E-state index is 0. The van der Waals surface area contributed by atoms with E-state index in [0.29, 0.717) is 0 Å². The predicted octanol–water partition coefficient (Wildman–Crippen LogP) is 0.433. The lowest BCUT2D eigenvalue weighted by Crippen LogP contribution is -1.56. The SMILES string of the molecule is C1CN1.Cl.Cl. The van der Waals surface area contributed by atoms with Crippen molar-refractivity contribution >= 4 is 24.8 Å². The molecule has 0 bridgehead atoms. The summed E-state index contributed by atoms with van der Waals surface area (Å²) < 4.78 is 0. The van der Waals surface area contributed by atoms with Gasteiger partial charge in [0.1, 0.15) is 0 Å². The molecule has 1 N–H and O–H groups in total. The van der Waals surface area contributed by atoms with Crippen LogP contribution in [0.25, 0.3) is 0 Å². The van der Waals surface area contributed by atoms with E-state index < -0.39 is 0 Å². The summed E-state index contributed by atoms with van der Waals surface area (Å²) >= 11 is 0. The Morgan fingerprint density at radius 3 is 1.20 bits per heavy atom. The zero-order valence-electron chi connectivity index (χ0n) is 2.73. The molecule has 0 unspecified atom stereocenters. The van der Waals surface area contributed by atoms with Crippen LogP contribution in [0.2, 0.25) is 0 Å². The maximum atomic E-state index is 3.00. The van der Waals surface area contributed by atoms with Crippen molar-refractivity contribution in [2.45, 2.75) is 0 Å². The minimum atomic E-state index is 0. The fraction of sp³-hybridized carbons (Fsp3) is 1.00. The van der Waals surface area contributed by atoms with E-state index in [4.69, 9.17) is 0 Å². The lowest BCUT2D eigenvalue weighted by molar-refractivity contribution is 1.34. The standard InChI is InChI=1S/C2H5N.2ClH/c1-2-3-1;;/h3H,1-2H2;2*1H. The van der Waals surface area contributed by atoms with E-state index in [1.807, 2.05) is 0 Å². The second kappa shape index (κ2) is 4.54. The third-order valence-corrected chi connectivity index (χ3v) is 0.250. The normalized spacial score (nSPS) is 14.4. The van der Waals surface area contributed by atoms with Crippen LogP contribution in [0, 0.1) is 0 Å². The van der Waals surface area contributed by atoms with Gasteiger partial charge in [0.2, 0.25) is 0 Å². The van der Waals surface area contributed by atoms with Gasteiger partial charge in [0.25, 0.3) is 0 Å². The van der Waals surface area contributed by atoms with Crippen molar-refractivity contribution < 1.29 is 0 Å². The predicted molar refractivity (Wildman–Crippen MR) is 27.4 cm³/mol. The fourth-order valence-electron chi connectivity index (χ4n) is 0. The fourth-order valence-corrected chi connectivity index (χ4v) is 0. The van der Waals surface area contributed by atoms with E-state index in [1.165, 1.54) is 13.1 Å². The zero-order valence-corrected chi connectivity index (χ0v) is 4.36. The number of nitrogens with one attached hydrogen (secondary N) is 1. The van der Waals surface area contributed by atoms with Gasteiger partial charge in [-0.1, -0.05) is 0 Å². The van der Waals surface area contributed by atoms with Crippen molar-refractivity contribution in [3.8, 4) is 0 Å². The molecule has 0 amide bonds. The van der Waals surface area contributed by atoms with Crippen LogP contribution in [-0.2, 0) is 0 Å². The van der Waals surface area contributed by atoms with E-state index in [0.717, 1.165) is 0 Å². The van der Waals surface area contributed by atoms with Gasteiger partial charge in [0.15, 0.2) is 0 Å². The number of hydrogen-bond acceptors (Lipinski definition) is 1. The van der Waals surface area contributed by atoms with Gasteiger partial charge in [-0.3, -0.25) is 0 Å². The molecule has 3 heteroatoms. The van der Waals surface area contributed by atoms with Crippen molar-refractivity contribution in [2.75, 3.05) is 13.1 Å². The Bertz CT molecular complexity index is 12.4. The largest absolute Gasteiger partial charge is 0.314 e. The minimum Gasteiger partial charge on any atom is -0.314 e. The van der Waals surface area contributed by atoms with Gasteiger partial charge in [-0.05, 0) is 0 Å². The highest BCUT2D eigenvalue weighted by Gasteiger charge is 1.91. The second-order valence-electron chi connectivity index (χ2n) is 0.750. The number of halogens is 2. The quantitative estimate of drug-likeness (QED) is 0.455. The summed E-state index contributed by atoms with van der Waals surface area (Å²) in [6.45, 7) is 2.50. The van der Waals surface area contributed by atoms with Gasteiger partial charge in [0, 0.05) is 13.1 Å². The molecular weight excluding hydrogens is 109 g/mol. The molecule has 0 aromatic carbocycles. The van der Waals surface area contributed by atoms with Crippen LogP contribution in [-0.4, -0.2) is 13.1 Å². The van der Waals surface area contributed by atoms with Crippen LogP contribution in [0.4, 0.5) is 0 Å². The van der Waals surface area contributed by atoms with E-state index in [-0.39, 0.29) is 24.8 Å². The van der Waals surface area contributed by atoms with Gasteiger partial charge < -0.3 is 5.32 Å². The lowest BCUT2D eigenvalue weighted by Gasteiger charge is -1.21. The third kappa shape index (κ3) is 12.4. The topological polar surface area (TPSA) is 21.9 Å². The molecule has 0 saturated carbocycles. The average molecular weight is 116 g/mol. The number of rotatable bonds is 0. The summed E-state index contributed by atoms with van der Waals surface area (Å²) in [5.41, 5.74) is 0. The second-order valence-corrected chi connectivity index (χ2v) is 0.750. The van der Waals surface area contributed by atoms with Crippen molar-refractivity contribution in [1.82, 2.24) is 5.32 Å². The van der Waals surface area contributed by atoms with Gasteiger partial charge in [0.05, 0.1) is 0 Å². The molecule has 1 saturated heterocycles. The van der Waals surface area contributed by atoms with Crippen molar-refractivity contribution in [3.05, 3.63) is 0 Å². The van der Waals surface area contributed by atoms with E-state index in [1.54, 1.807) is 0 Å². The highest BCUT2D eigenvalue weighted by atomic mass is 35.5. The molecule has 1 aliphatic heterocycles. The van der Waals surface area contributed by atoms with Gasteiger partial charge >= 0.3 is 0 Å². The van der Waals surface area contributed by atoms with Crippen molar-refractivity contribution in [1.29, 1.82) is 0 Å². The molecule has 1 nitrogen and oxygen atoms in total. The Hall–Kier alpha value is 0.540.